The molecular formula is C40H66N6O9. The summed E-state index contributed by atoms with van der Waals surface area (Å²) in [6, 6.07) is 4.14. The van der Waals surface area contributed by atoms with Crippen LogP contribution in [0.5, 0.6) is 0 Å². The zero-order chi connectivity index (χ0) is 42.2. The summed E-state index contributed by atoms with van der Waals surface area (Å²) in [5, 5.41) is 10.7. The van der Waals surface area contributed by atoms with Crippen molar-refractivity contribution in [3.8, 4) is 0 Å². The number of benzene rings is 1. The van der Waals surface area contributed by atoms with Gasteiger partial charge >= 0.3 is 12.1 Å². The summed E-state index contributed by atoms with van der Waals surface area (Å²) in [7, 11) is 2.90. The summed E-state index contributed by atoms with van der Waals surface area (Å²) >= 11 is 0. The highest BCUT2D eigenvalue weighted by Crippen LogP contribution is 2.16. The highest BCUT2D eigenvalue weighted by atomic mass is 16.6. The van der Waals surface area contributed by atoms with Crippen LogP contribution in [0.2, 0.25) is 0 Å². The topological polar surface area (TPSA) is 193 Å². The molecule has 0 aromatic heterocycles. The Balaban J connectivity index is 3.07. The van der Waals surface area contributed by atoms with Gasteiger partial charge in [0, 0.05) is 14.1 Å². The molecule has 6 amide bonds. The molecule has 5 atom stereocenters. The van der Waals surface area contributed by atoms with Gasteiger partial charge in [0.2, 0.25) is 29.5 Å². The second-order valence-electron chi connectivity index (χ2n) is 16.2. The molecule has 0 bridgehead atoms. The van der Waals surface area contributed by atoms with Gasteiger partial charge in [-0.25, -0.2) is 9.59 Å². The fourth-order valence-electron chi connectivity index (χ4n) is 5.54. The lowest BCUT2D eigenvalue weighted by Crippen LogP contribution is -2.60. The SMILES string of the molecule is CC[C@H](NC(=O)OC(C)(C)C)C(=O)N(C)CC(=O)N[C@@H](CC(C)C)C(=O)N[C@H](C(=O)N(C)[C@@H](CC(C)C)C(=O)N[C@@H](C)C(=O)OCc1ccccc1)C(C)C. The first-order valence-corrected chi connectivity index (χ1v) is 19.1. The number of carbonyl (C=O) groups is 7. The Morgan fingerprint density at radius 1 is 0.727 bits per heavy atom. The van der Waals surface area contributed by atoms with Crippen LogP contribution in [0.4, 0.5) is 4.79 Å². The van der Waals surface area contributed by atoms with Crippen LogP contribution in [0, 0.1) is 17.8 Å². The van der Waals surface area contributed by atoms with Gasteiger partial charge in [-0.15, -0.1) is 0 Å². The molecule has 310 valence electrons. The van der Waals surface area contributed by atoms with Crippen LogP contribution in [0.1, 0.15) is 101 Å². The largest absolute Gasteiger partial charge is 0.459 e. The summed E-state index contributed by atoms with van der Waals surface area (Å²) in [4.78, 5) is 95.1. The van der Waals surface area contributed by atoms with Crippen molar-refractivity contribution in [2.24, 2.45) is 17.8 Å². The van der Waals surface area contributed by atoms with E-state index in [1.54, 1.807) is 41.5 Å². The Labute approximate surface area is 327 Å². The molecule has 0 aliphatic carbocycles. The first kappa shape index (κ1) is 48.3. The van der Waals surface area contributed by atoms with Crippen LogP contribution in [-0.2, 0) is 44.8 Å². The predicted octanol–water partition coefficient (Wildman–Crippen LogP) is 3.54. The minimum atomic E-state index is -1.06. The number of likely N-dealkylation sites (N-methyl/N-ethyl adjacent to an activating group) is 2. The minimum Gasteiger partial charge on any atom is -0.459 e. The maximum Gasteiger partial charge on any atom is 0.408 e. The Kier molecular flexibility index (Phi) is 19.9. The quantitative estimate of drug-likeness (QED) is 0.144. The van der Waals surface area contributed by atoms with Gasteiger partial charge in [0.05, 0.1) is 6.54 Å². The lowest BCUT2D eigenvalue weighted by molar-refractivity contribution is -0.150. The van der Waals surface area contributed by atoms with Gasteiger partial charge in [0.15, 0.2) is 0 Å². The Hall–Kier alpha value is -4.69. The number of esters is 1. The predicted molar refractivity (Wildman–Crippen MR) is 209 cm³/mol. The summed E-state index contributed by atoms with van der Waals surface area (Å²) in [6.07, 6.45) is 0.00680. The van der Waals surface area contributed by atoms with Gasteiger partial charge < -0.3 is 40.5 Å². The number of nitrogens with one attached hydrogen (secondary N) is 4. The van der Waals surface area contributed by atoms with Crippen LogP contribution in [0.3, 0.4) is 0 Å². The van der Waals surface area contributed by atoms with Crippen molar-refractivity contribution >= 4 is 41.6 Å². The van der Waals surface area contributed by atoms with Gasteiger partial charge in [-0.1, -0.05) is 78.8 Å². The lowest BCUT2D eigenvalue weighted by atomic mass is 9.97. The number of hydrogen-bond acceptors (Lipinski definition) is 9. The van der Waals surface area contributed by atoms with E-state index in [1.165, 1.54) is 25.9 Å². The number of amides is 6. The van der Waals surface area contributed by atoms with E-state index in [2.05, 4.69) is 21.3 Å². The van der Waals surface area contributed by atoms with Crippen LogP contribution in [0.25, 0.3) is 0 Å². The lowest BCUT2D eigenvalue weighted by Gasteiger charge is -2.34. The Morgan fingerprint density at radius 3 is 1.82 bits per heavy atom. The summed E-state index contributed by atoms with van der Waals surface area (Å²) in [5.41, 5.74) is 0.0351. The maximum atomic E-state index is 14.0. The Morgan fingerprint density at radius 2 is 1.31 bits per heavy atom. The fraction of sp³-hybridized carbons (Fsp3) is 0.675. The second-order valence-corrected chi connectivity index (χ2v) is 16.2. The van der Waals surface area contributed by atoms with Gasteiger partial charge in [0.1, 0.15) is 42.4 Å². The van der Waals surface area contributed by atoms with Crippen LogP contribution < -0.4 is 21.3 Å². The molecular weight excluding hydrogens is 708 g/mol. The molecule has 15 nitrogen and oxygen atoms in total. The summed E-state index contributed by atoms with van der Waals surface area (Å²) < 4.78 is 10.6. The molecule has 55 heavy (non-hydrogen) atoms. The molecule has 0 aliphatic heterocycles. The van der Waals surface area contributed by atoms with Gasteiger partial charge in [-0.3, -0.25) is 24.0 Å². The third-order valence-corrected chi connectivity index (χ3v) is 8.49. The smallest absolute Gasteiger partial charge is 0.408 e. The summed E-state index contributed by atoms with van der Waals surface area (Å²) in [6.45, 7) is 19.0. The number of ether oxygens (including phenoxy) is 2. The molecule has 0 heterocycles. The molecule has 1 aromatic carbocycles. The zero-order valence-corrected chi connectivity index (χ0v) is 35.1. The van der Waals surface area contributed by atoms with E-state index in [-0.39, 0.29) is 37.7 Å². The molecule has 1 rings (SSSR count). The average Bonchev–Trinajstić information content (AvgIpc) is 3.08. The molecule has 0 fully saturated rings. The molecule has 0 saturated carbocycles. The van der Waals surface area contributed by atoms with Gasteiger partial charge in [0.25, 0.3) is 0 Å². The van der Waals surface area contributed by atoms with E-state index in [1.807, 2.05) is 58.0 Å². The number of rotatable bonds is 20. The molecule has 0 unspecified atom stereocenters. The van der Waals surface area contributed by atoms with Gasteiger partial charge in [-0.2, -0.15) is 0 Å². The monoisotopic (exact) mass is 774 g/mol. The summed E-state index contributed by atoms with van der Waals surface area (Å²) in [5.74, 6) is -3.87. The number of alkyl carbamates (subject to hydrolysis) is 1. The van der Waals surface area contributed by atoms with E-state index in [0.29, 0.717) is 0 Å². The van der Waals surface area contributed by atoms with E-state index < -0.39 is 89.9 Å². The molecule has 1 aromatic rings. The van der Waals surface area contributed by atoms with Gasteiger partial charge in [-0.05, 0) is 70.3 Å². The standard InChI is InChI=1S/C40H66N6O9/c1-14-29(43-39(53)55-40(9,10)11)36(50)45(12)22-32(47)42-30(20-24(2)3)34(48)44-33(26(6)7)37(51)46(13)31(21-25(4)5)35(49)41-27(8)38(52)54-23-28-18-16-15-17-19-28/h15-19,24-27,29-31,33H,14,20-23H2,1-13H3,(H,41,49)(H,42,47)(H,43,53)(H,44,48)/t27-,29-,30-,31-,33-/m0/s1. The van der Waals surface area contributed by atoms with Crippen molar-refractivity contribution in [1.29, 1.82) is 0 Å². The van der Waals surface area contributed by atoms with Crippen LogP contribution in [-0.4, -0.2) is 108 Å². The average molecular weight is 775 g/mol. The number of hydrogen-bond donors (Lipinski definition) is 4. The van der Waals surface area contributed by atoms with Crippen molar-refractivity contribution < 1.29 is 43.0 Å². The highest BCUT2D eigenvalue weighted by molar-refractivity contribution is 5.96. The maximum absolute atomic E-state index is 14.0. The number of carbonyl (C=O) groups excluding carboxylic acids is 7. The fourth-order valence-corrected chi connectivity index (χ4v) is 5.54. The van der Waals surface area contributed by atoms with Crippen molar-refractivity contribution in [1.82, 2.24) is 31.1 Å². The third-order valence-electron chi connectivity index (χ3n) is 8.49. The van der Waals surface area contributed by atoms with E-state index >= 15 is 0 Å². The minimum absolute atomic E-state index is 0.00484. The molecule has 0 saturated heterocycles. The Bertz CT molecular complexity index is 1440. The van der Waals surface area contributed by atoms with Crippen LogP contribution in [0.15, 0.2) is 30.3 Å². The van der Waals surface area contributed by atoms with Crippen LogP contribution >= 0.6 is 0 Å². The molecule has 0 aliphatic rings. The van der Waals surface area contributed by atoms with Crippen molar-refractivity contribution in [3.63, 3.8) is 0 Å². The normalized spacial score (nSPS) is 14.2. The molecule has 0 spiro atoms. The van der Waals surface area contributed by atoms with Crippen molar-refractivity contribution in [2.75, 3.05) is 20.6 Å². The molecule has 4 N–H and O–H groups in total. The molecule has 15 heteroatoms. The number of nitrogens with zero attached hydrogens (tertiary/aromatic N) is 2. The molecule has 0 radical (unpaired) electrons. The van der Waals surface area contributed by atoms with E-state index in [0.717, 1.165) is 10.5 Å². The van der Waals surface area contributed by atoms with Crippen molar-refractivity contribution in [3.05, 3.63) is 35.9 Å². The van der Waals surface area contributed by atoms with Crippen molar-refractivity contribution in [2.45, 2.75) is 138 Å². The first-order chi connectivity index (χ1) is 25.5. The first-order valence-electron chi connectivity index (χ1n) is 19.1. The zero-order valence-electron chi connectivity index (χ0n) is 35.1. The highest BCUT2D eigenvalue weighted by Gasteiger charge is 2.37. The van der Waals surface area contributed by atoms with E-state index in [9.17, 15) is 33.6 Å². The van der Waals surface area contributed by atoms with E-state index in [4.69, 9.17) is 9.47 Å². The third kappa shape index (κ3) is 17.5. The second kappa shape index (κ2) is 22.6.